The molecule has 1 heterocycles. The summed E-state index contributed by atoms with van der Waals surface area (Å²) >= 11 is 0. The van der Waals surface area contributed by atoms with E-state index in [4.69, 9.17) is 4.98 Å². The summed E-state index contributed by atoms with van der Waals surface area (Å²) in [7, 11) is 0. The lowest BCUT2D eigenvalue weighted by atomic mass is 10.1. The number of halogens is 3. The maximum atomic E-state index is 13.6. The Balaban J connectivity index is 1.88. The molecule has 1 aromatic heterocycles. The quantitative estimate of drug-likeness (QED) is 0.318. The number of hydrogen-bond donors (Lipinski definition) is 0. The van der Waals surface area contributed by atoms with Gasteiger partial charge >= 0.3 is 6.18 Å². The van der Waals surface area contributed by atoms with E-state index in [1.165, 1.54) is 21.6 Å². The Bertz CT molecular complexity index is 1450. The van der Waals surface area contributed by atoms with Crippen LogP contribution in [0.3, 0.4) is 0 Å². The second-order valence-corrected chi connectivity index (χ2v) is 9.07. The second-order valence-electron chi connectivity index (χ2n) is 9.07. The zero-order chi connectivity index (χ0) is 26.0. The minimum absolute atomic E-state index is 0.0135. The number of nitrogens with zero attached hydrogens (tertiary/aromatic N) is 3. The molecule has 0 saturated heterocycles. The second kappa shape index (κ2) is 9.97. The third-order valence-corrected chi connectivity index (χ3v) is 5.92. The van der Waals surface area contributed by atoms with Crippen molar-refractivity contribution in [3.05, 3.63) is 106 Å². The molecule has 36 heavy (non-hydrogen) atoms. The number of fused-ring (bicyclic) bond motifs is 1. The van der Waals surface area contributed by atoms with Gasteiger partial charge in [0.15, 0.2) is 0 Å². The summed E-state index contributed by atoms with van der Waals surface area (Å²) in [6.07, 6.45) is -4.57. The molecule has 186 valence electrons. The van der Waals surface area contributed by atoms with Crippen LogP contribution in [0.25, 0.3) is 16.6 Å². The van der Waals surface area contributed by atoms with Gasteiger partial charge in [-0.1, -0.05) is 50.2 Å². The molecule has 4 aromatic rings. The standard InChI is InChI=1S/C28H26F3N3O2/c1-18(2)17-33(26(35)20-10-9-11-21(16-20)28(29,30)31)19(3)25-32-24-15-8-7-14-23(24)27(36)34(25)22-12-5-4-6-13-22/h4-16,18-19H,17H2,1-3H3. The van der Waals surface area contributed by atoms with Gasteiger partial charge in [0.1, 0.15) is 5.82 Å². The lowest BCUT2D eigenvalue weighted by Gasteiger charge is -2.32. The van der Waals surface area contributed by atoms with E-state index < -0.39 is 23.7 Å². The maximum absolute atomic E-state index is 13.6. The predicted octanol–water partition coefficient (Wildman–Crippen LogP) is 6.26. The number of rotatable bonds is 6. The van der Waals surface area contributed by atoms with Crippen molar-refractivity contribution in [2.24, 2.45) is 5.92 Å². The molecule has 0 N–H and O–H groups in total. The van der Waals surface area contributed by atoms with E-state index in [1.54, 1.807) is 55.5 Å². The molecule has 0 saturated carbocycles. The van der Waals surface area contributed by atoms with E-state index in [9.17, 15) is 22.8 Å². The smallest absolute Gasteiger partial charge is 0.328 e. The minimum atomic E-state index is -4.57. The monoisotopic (exact) mass is 493 g/mol. The van der Waals surface area contributed by atoms with Crippen molar-refractivity contribution in [2.75, 3.05) is 6.54 Å². The fourth-order valence-corrected chi connectivity index (χ4v) is 4.20. The Kier molecular flexibility index (Phi) is 6.97. The fraction of sp³-hybridized carbons (Fsp3) is 0.250. The highest BCUT2D eigenvalue weighted by molar-refractivity contribution is 5.94. The summed E-state index contributed by atoms with van der Waals surface area (Å²) < 4.78 is 41.5. The van der Waals surface area contributed by atoms with Crippen molar-refractivity contribution in [2.45, 2.75) is 33.0 Å². The van der Waals surface area contributed by atoms with Gasteiger partial charge < -0.3 is 4.90 Å². The molecule has 4 rings (SSSR count). The first-order chi connectivity index (χ1) is 17.1. The molecular formula is C28H26F3N3O2. The van der Waals surface area contributed by atoms with Crippen molar-refractivity contribution in [1.29, 1.82) is 0 Å². The highest BCUT2D eigenvalue weighted by Gasteiger charge is 2.33. The van der Waals surface area contributed by atoms with Crippen LogP contribution in [0, 0.1) is 5.92 Å². The lowest BCUT2D eigenvalue weighted by molar-refractivity contribution is -0.137. The van der Waals surface area contributed by atoms with E-state index in [2.05, 4.69) is 0 Å². The van der Waals surface area contributed by atoms with Crippen LogP contribution in [0.15, 0.2) is 83.7 Å². The van der Waals surface area contributed by atoms with E-state index in [-0.39, 0.29) is 23.6 Å². The van der Waals surface area contributed by atoms with Crippen LogP contribution in [0.2, 0.25) is 0 Å². The third kappa shape index (κ3) is 5.03. The van der Waals surface area contributed by atoms with E-state index >= 15 is 0 Å². The molecule has 5 nitrogen and oxygen atoms in total. The van der Waals surface area contributed by atoms with Crippen molar-refractivity contribution < 1.29 is 18.0 Å². The Hall–Kier alpha value is -3.94. The van der Waals surface area contributed by atoms with E-state index in [0.717, 1.165) is 12.1 Å². The average Bonchev–Trinajstić information content (AvgIpc) is 2.86. The zero-order valence-electron chi connectivity index (χ0n) is 20.2. The normalized spacial score (nSPS) is 12.6. The van der Waals surface area contributed by atoms with Gasteiger partial charge in [-0.05, 0) is 55.3 Å². The van der Waals surface area contributed by atoms with Crippen molar-refractivity contribution in [3.8, 4) is 5.69 Å². The number of benzene rings is 3. The van der Waals surface area contributed by atoms with E-state index in [1.807, 2.05) is 19.9 Å². The Labute approximate surface area is 206 Å². The molecule has 3 aromatic carbocycles. The zero-order valence-corrected chi connectivity index (χ0v) is 20.2. The highest BCUT2D eigenvalue weighted by atomic mass is 19.4. The van der Waals surface area contributed by atoms with Gasteiger partial charge in [-0.15, -0.1) is 0 Å². The first-order valence-corrected chi connectivity index (χ1v) is 11.6. The largest absolute Gasteiger partial charge is 0.416 e. The highest BCUT2D eigenvalue weighted by Crippen LogP contribution is 2.31. The lowest BCUT2D eigenvalue weighted by Crippen LogP contribution is -2.39. The molecule has 1 amide bonds. The predicted molar refractivity (Wildman–Crippen MR) is 133 cm³/mol. The number of alkyl halides is 3. The number of para-hydroxylation sites is 2. The average molecular weight is 494 g/mol. The number of hydrogen-bond acceptors (Lipinski definition) is 3. The van der Waals surface area contributed by atoms with Crippen molar-refractivity contribution >= 4 is 16.8 Å². The number of carbonyl (C=O) groups is 1. The first-order valence-electron chi connectivity index (χ1n) is 11.6. The summed E-state index contributed by atoms with van der Waals surface area (Å²) in [4.78, 5) is 33.4. The Morgan fingerprint density at radius 2 is 1.61 bits per heavy atom. The van der Waals surface area contributed by atoms with Crippen LogP contribution < -0.4 is 5.56 Å². The van der Waals surface area contributed by atoms with Crippen LogP contribution >= 0.6 is 0 Å². The van der Waals surface area contributed by atoms with Crippen LogP contribution in [0.5, 0.6) is 0 Å². The Morgan fingerprint density at radius 1 is 0.944 bits per heavy atom. The summed E-state index contributed by atoms with van der Waals surface area (Å²) in [5.41, 5.74) is -0.196. The van der Waals surface area contributed by atoms with Crippen molar-refractivity contribution in [1.82, 2.24) is 14.5 Å². The molecule has 0 spiro atoms. The molecule has 8 heteroatoms. The first kappa shape index (κ1) is 25.2. The third-order valence-electron chi connectivity index (χ3n) is 5.92. The topological polar surface area (TPSA) is 55.2 Å². The van der Waals surface area contributed by atoms with E-state index in [0.29, 0.717) is 22.4 Å². The van der Waals surface area contributed by atoms with Crippen molar-refractivity contribution in [3.63, 3.8) is 0 Å². The molecule has 0 aliphatic carbocycles. The molecule has 0 aliphatic rings. The minimum Gasteiger partial charge on any atom is -0.328 e. The van der Waals surface area contributed by atoms with Crippen LogP contribution in [-0.4, -0.2) is 26.9 Å². The molecule has 1 atom stereocenters. The van der Waals surface area contributed by atoms with Gasteiger partial charge in [-0.2, -0.15) is 13.2 Å². The van der Waals surface area contributed by atoms with Gasteiger partial charge in [0.25, 0.3) is 11.5 Å². The van der Waals surface area contributed by atoms with Gasteiger partial charge in [0, 0.05) is 12.1 Å². The maximum Gasteiger partial charge on any atom is 0.416 e. The van der Waals surface area contributed by atoms with Gasteiger partial charge in [0.2, 0.25) is 0 Å². The summed E-state index contributed by atoms with van der Waals surface area (Å²) in [6.45, 7) is 5.83. The van der Waals surface area contributed by atoms with Gasteiger partial charge in [-0.3, -0.25) is 14.2 Å². The number of aromatic nitrogens is 2. The molecule has 1 unspecified atom stereocenters. The molecule has 0 bridgehead atoms. The van der Waals surface area contributed by atoms with Crippen LogP contribution in [0.4, 0.5) is 13.2 Å². The number of carbonyl (C=O) groups excluding carboxylic acids is 1. The molecule has 0 radical (unpaired) electrons. The Morgan fingerprint density at radius 3 is 2.28 bits per heavy atom. The molecule has 0 aliphatic heterocycles. The summed E-state index contributed by atoms with van der Waals surface area (Å²) in [5, 5.41) is 0.428. The summed E-state index contributed by atoms with van der Waals surface area (Å²) in [5.74, 6) is -0.227. The SMILES string of the molecule is CC(C)CN(C(=O)c1cccc(C(F)(F)F)c1)C(C)c1nc2ccccc2c(=O)n1-c1ccccc1. The summed E-state index contributed by atoms with van der Waals surface area (Å²) in [6, 6.07) is 19.6. The van der Waals surface area contributed by atoms with Crippen LogP contribution in [0.1, 0.15) is 48.6 Å². The fourth-order valence-electron chi connectivity index (χ4n) is 4.20. The number of amides is 1. The van der Waals surface area contributed by atoms with Crippen LogP contribution in [-0.2, 0) is 6.18 Å². The van der Waals surface area contributed by atoms with Gasteiger partial charge in [-0.25, -0.2) is 4.98 Å². The molecule has 0 fully saturated rings. The van der Waals surface area contributed by atoms with Gasteiger partial charge in [0.05, 0.1) is 28.2 Å². The molecular weight excluding hydrogens is 467 g/mol.